The third kappa shape index (κ3) is 6.46. The fraction of sp³-hybridized carbons (Fsp3) is 0.400. The molecule has 1 saturated heterocycles. The molecule has 7 heteroatoms. The van der Waals surface area contributed by atoms with Crippen LogP contribution in [-0.4, -0.2) is 30.8 Å². The molecule has 1 aliphatic heterocycles. The van der Waals surface area contributed by atoms with E-state index < -0.39 is 0 Å². The maximum absolute atomic E-state index is 5.98. The number of nitrogens with zero attached hydrogens (tertiary/aromatic N) is 1. The number of anilines is 1. The second-order valence-corrected chi connectivity index (χ2v) is 7.13. The molecule has 1 atom stereocenters. The Morgan fingerprint density at radius 3 is 2.52 bits per heavy atom. The highest BCUT2D eigenvalue weighted by molar-refractivity contribution is 6.30. The molecule has 0 radical (unpaired) electrons. The third-order valence-electron chi connectivity index (χ3n) is 4.14. The van der Waals surface area contributed by atoms with Crippen LogP contribution in [0.15, 0.2) is 48.5 Å². The lowest BCUT2D eigenvalue weighted by Crippen LogP contribution is -2.49. The Balaban J connectivity index is 1.63. The van der Waals surface area contributed by atoms with Gasteiger partial charge in [0, 0.05) is 17.3 Å². The number of nitrogens with one attached hydrogen (secondary N) is 2. The molecular weight excluding hydrogens is 366 g/mol. The lowest BCUT2D eigenvalue weighted by molar-refractivity contribution is -0.306. The second kappa shape index (κ2) is 10.0. The molecule has 6 nitrogen and oxygen atoms in total. The summed E-state index contributed by atoms with van der Waals surface area (Å²) in [6.07, 6.45) is 0.0837. The van der Waals surface area contributed by atoms with Gasteiger partial charge in [-0.3, -0.25) is 5.32 Å². The van der Waals surface area contributed by atoms with Crippen molar-refractivity contribution in [2.75, 3.05) is 18.8 Å². The maximum atomic E-state index is 5.98. The van der Waals surface area contributed by atoms with Crippen molar-refractivity contribution in [3.63, 3.8) is 0 Å². The van der Waals surface area contributed by atoms with E-state index in [1.54, 1.807) is 0 Å². The summed E-state index contributed by atoms with van der Waals surface area (Å²) in [6, 6.07) is 16.0. The van der Waals surface area contributed by atoms with Crippen LogP contribution in [0.5, 0.6) is 0 Å². The van der Waals surface area contributed by atoms with E-state index in [4.69, 9.17) is 26.1 Å². The Morgan fingerprint density at radius 2 is 1.81 bits per heavy atom. The molecule has 3 rings (SSSR count). The van der Waals surface area contributed by atoms with Gasteiger partial charge in [-0.2, -0.15) is 0 Å². The van der Waals surface area contributed by atoms with Gasteiger partial charge in [0.05, 0.1) is 12.7 Å². The van der Waals surface area contributed by atoms with Gasteiger partial charge in [0.25, 0.3) is 0 Å². The maximum Gasteiger partial charge on any atom is 0.138 e. The van der Waals surface area contributed by atoms with Crippen molar-refractivity contribution in [3.05, 3.63) is 64.7 Å². The van der Waals surface area contributed by atoms with Crippen LogP contribution < -0.4 is 10.6 Å². The van der Waals surface area contributed by atoms with Crippen molar-refractivity contribution < 1.29 is 14.5 Å². The Bertz CT molecular complexity index is 695. The topological polar surface area (TPSA) is 55.0 Å². The van der Waals surface area contributed by atoms with E-state index in [2.05, 4.69) is 27.7 Å². The average molecular weight is 392 g/mol. The van der Waals surface area contributed by atoms with Crippen LogP contribution in [0.2, 0.25) is 5.02 Å². The fourth-order valence-electron chi connectivity index (χ4n) is 2.68. The first-order valence-corrected chi connectivity index (χ1v) is 9.41. The van der Waals surface area contributed by atoms with E-state index in [1.165, 1.54) is 0 Å². The van der Waals surface area contributed by atoms with Gasteiger partial charge in [0.15, 0.2) is 0 Å². The molecule has 1 unspecified atom stereocenters. The van der Waals surface area contributed by atoms with Crippen LogP contribution in [0.3, 0.4) is 0 Å². The van der Waals surface area contributed by atoms with Crippen LogP contribution in [-0.2, 0) is 27.7 Å². The van der Waals surface area contributed by atoms with E-state index in [0.717, 1.165) is 21.8 Å². The lowest BCUT2D eigenvalue weighted by Gasteiger charge is -2.30. The highest BCUT2D eigenvalue weighted by atomic mass is 35.5. The molecule has 0 saturated carbocycles. The molecule has 0 bridgehead atoms. The molecule has 1 fully saturated rings. The quantitative estimate of drug-likeness (QED) is 0.697. The molecule has 2 aromatic carbocycles. The monoisotopic (exact) mass is 391 g/mol. The van der Waals surface area contributed by atoms with Crippen LogP contribution in [0, 0.1) is 0 Å². The molecule has 1 aliphatic rings. The number of hydrogen-bond acceptors (Lipinski definition) is 6. The van der Waals surface area contributed by atoms with E-state index in [-0.39, 0.29) is 12.4 Å². The van der Waals surface area contributed by atoms with E-state index in [9.17, 15) is 0 Å². The summed E-state index contributed by atoms with van der Waals surface area (Å²) < 4.78 is 5.64. The third-order valence-corrected chi connectivity index (χ3v) is 4.39. The van der Waals surface area contributed by atoms with Crippen molar-refractivity contribution in [1.29, 1.82) is 0 Å². The number of rotatable bonds is 7. The Kier molecular flexibility index (Phi) is 7.46. The van der Waals surface area contributed by atoms with Crippen LogP contribution in [0.25, 0.3) is 0 Å². The molecular formula is C20H26ClN3O3. The van der Waals surface area contributed by atoms with Crippen LogP contribution in [0.4, 0.5) is 5.69 Å². The van der Waals surface area contributed by atoms with Gasteiger partial charge < -0.3 is 10.1 Å². The first-order chi connectivity index (χ1) is 13.1. The molecule has 0 spiro atoms. The van der Waals surface area contributed by atoms with Gasteiger partial charge in [-0.1, -0.05) is 35.9 Å². The lowest BCUT2D eigenvalue weighted by atomic mass is 10.2. The summed E-state index contributed by atoms with van der Waals surface area (Å²) in [4.78, 5) is 12.4. The molecule has 1 heterocycles. The summed E-state index contributed by atoms with van der Waals surface area (Å²) >= 11 is 5.98. The zero-order valence-corrected chi connectivity index (χ0v) is 16.4. The van der Waals surface area contributed by atoms with Gasteiger partial charge >= 0.3 is 0 Å². The number of benzene rings is 2. The van der Waals surface area contributed by atoms with Crippen LogP contribution >= 0.6 is 11.6 Å². The zero-order valence-electron chi connectivity index (χ0n) is 15.7. The summed E-state index contributed by atoms with van der Waals surface area (Å²) in [5.41, 5.74) is 3.29. The minimum absolute atomic E-state index is 0.138. The molecule has 2 aromatic rings. The minimum atomic E-state index is -0.138. The molecule has 146 valence electrons. The number of ether oxygens (including phenoxy) is 1. The first-order valence-electron chi connectivity index (χ1n) is 9.03. The highest BCUT2D eigenvalue weighted by Crippen LogP contribution is 2.17. The van der Waals surface area contributed by atoms with Gasteiger partial charge in [-0.15, -0.1) is 0 Å². The van der Waals surface area contributed by atoms with Crippen molar-refractivity contribution in [3.8, 4) is 0 Å². The highest BCUT2D eigenvalue weighted by Gasteiger charge is 2.21. The smallest absolute Gasteiger partial charge is 0.138 e. The van der Waals surface area contributed by atoms with Gasteiger partial charge in [-0.25, -0.2) is 14.7 Å². The van der Waals surface area contributed by atoms with Gasteiger partial charge in [0.1, 0.15) is 19.8 Å². The normalized spacial score (nSPS) is 18.4. The average Bonchev–Trinajstić information content (AvgIpc) is 2.88. The van der Waals surface area contributed by atoms with Crippen molar-refractivity contribution in [2.45, 2.75) is 39.4 Å². The van der Waals surface area contributed by atoms with E-state index in [0.29, 0.717) is 26.6 Å². The van der Waals surface area contributed by atoms with Gasteiger partial charge in [0.2, 0.25) is 0 Å². The van der Waals surface area contributed by atoms with E-state index in [1.807, 2.05) is 50.2 Å². The van der Waals surface area contributed by atoms with E-state index >= 15 is 0 Å². The second-order valence-electron chi connectivity index (χ2n) is 6.69. The molecule has 27 heavy (non-hydrogen) atoms. The van der Waals surface area contributed by atoms with Gasteiger partial charge in [-0.05, 0) is 49.2 Å². The minimum Gasteiger partial charge on any atom is -0.374 e. The largest absolute Gasteiger partial charge is 0.374 e. The molecule has 0 aliphatic carbocycles. The summed E-state index contributed by atoms with van der Waals surface area (Å²) in [5.74, 6) is 0. The summed E-state index contributed by atoms with van der Waals surface area (Å²) in [6.45, 7) is 6.01. The Labute approximate surface area is 165 Å². The number of hydrogen-bond donors (Lipinski definition) is 2. The first kappa shape index (κ1) is 20.1. The summed E-state index contributed by atoms with van der Waals surface area (Å²) in [7, 11) is 0. The number of halogens is 1. The van der Waals surface area contributed by atoms with Crippen molar-refractivity contribution >= 4 is 17.3 Å². The zero-order chi connectivity index (χ0) is 19.1. The van der Waals surface area contributed by atoms with Crippen molar-refractivity contribution in [2.24, 2.45) is 0 Å². The molecule has 0 aromatic heterocycles. The molecule has 2 N–H and O–H groups in total. The fourth-order valence-corrected chi connectivity index (χ4v) is 2.81. The molecule has 0 amide bonds. The van der Waals surface area contributed by atoms with Crippen LogP contribution in [0.1, 0.15) is 25.0 Å². The predicted molar refractivity (Wildman–Crippen MR) is 106 cm³/mol. The van der Waals surface area contributed by atoms with Crippen molar-refractivity contribution in [1.82, 2.24) is 10.2 Å². The predicted octanol–water partition coefficient (Wildman–Crippen LogP) is 3.93. The Hall–Kier alpha value is -1.67. The standard InChI is InChI=1S/C20H26ClN3O3/c1-15(2)25-12-17-5-9-19(10-6-17)23-20-22-13-26-27-14-24(20)11-16-3-7-18(21)8-4-16/h3-10,15,20,22-23H,11-14H2,1-2H3. The summed E-state index contributed by atoms with van der Waals surface area (Å²) in [5, 5.41) is 7.49. The SMILES string of the molecule is CC(C)OCc1ccc(NC2NCOOCN2Cc2ccc(Cl)cc2)cc1. The Morgan fingerprint density at radius 1 is 1.11 bits per heavy atom.